The molecule has 0 radical (unpaired) electrons. The number of amides is 1. The van der Waals surface area contributed by atoms with E-state index in [1.807, 2.05) is 38.1 Å². The Kier molecular flexibility index (Phi) is 8.56. The average Bonchev–Trinajstić information content (AvgIpc) is 3.30. The van der Waals surface area contributed by atoms with Crippen molar-refractivity contribution < 1.29 is 33.7 Å². The third kappa shape index (κ3) is 6.61. The van der Waals surface area contributed by atoms with Crippen LogP contribution in [0.3, 0.4) is 0 Å². The lowest BCUT2D eigenvalue weighted by Gasteiger charge is -2.25. The van der Waals surface area contributed by atoms with E-state index in [0.29, 0.717) is 39.3 Å². The van der Waals surface area contributed by atoms with Crippen LogP contribution in [0.4, 0.5) is 10.5 Å². The summed E-state index contributed by atoms with van der Waals surface area (Å²) >= 11 is 0. The highest BCUT2D eigenvalue weighted by Crippen LogP contribution is 2.41. The van der Waals surface area contributed by atoms with E-state index < -0.39 is 24.2 Å². The van der Waals surface area contributed by atoms with Gasteiger partial charge in [-0.15, -0.1) is 0 Å². The van der Waals surface area contributed by atoms with E-state index >= 15 is 0 Å². The van der Waals surface area contributed by atoms with Crippen molar-refractivity contribution in [3.63, 3.8) is 0 Å². The molecule has 1 amide bonds. The molecule has 4 rings (SSSR count). The van der Waals surface area contributed by atoms with Crippen LogP contribution in [-0.4, -0.2) is 41.4 Å². The number of benzene rings is 2. The van der Waals surface area contributed by atoms with Gasteiger partial charge in [0.15, 0.2) is 5.78 Å². The Labute approximate surface area is 240 Å². The normalized spacial score (nSPS) is 18.2. The number of anilines is 1. The van der Waals surface area contributed by atoms with E-state index in [2.05, 4.69) is 32.7 Å². The third-order valence-electron chi connectivity index (χ3n) is 7.05. The molecule has 1 aromatic heterocycles. The maximum atomic E-state index is 13.4. The van der Waals surface area contributed by atoms with Crippen LogP contribution in [0, 0.1) is 0 Å². The summed E-state index contributed by atoms with van der Waals surface area (Å²) in [5.74, 6) is 0.946. The van der Waals surface area contributed by atoms with Crippen LogP contribution in [0.2, 0.25) is 0 Å². The highest BCUT2D eigenvalue weighted by molar-refractivity contribution is 6.09. The number of hydrogen-bond acceptors (Lipinski definition) is 7. The second-order valence-electron chi connectivity index (χ2n) is 11.6. The molecule has 8 heteroatoms. The monoisotopic (exact) mass is 559 g/mol. The number of rotatable bonds is 6. The van der Waals surface area contributed by atoms with E-state index in [-0.39, 0.29) is 30.0 Å². The molecule has 1 aliphatic carbocycles. The first kappa shape index (κ1) is 29.8. The van der Waals surface area contributed by atoms with Crippen LogP contribution in [0.1, 0.15) is 62.7 Å². The molecule has 1 heterocycles. The maximum absolute atomic E-state index is 13.4. The number of allylic oxidation sites excluding steroid dienone is 4. The predicted molar refractivity (Wildman–Crippen MR) is 158 cm³/mol. The number of furan rings is 1. The van der Waals surface area contributed by atoms with Crippen LogP contribution in [0.25, 0.3) is 11.0 Å². The lowest BCUT2D eigenvalue weighted by Crippen LogP contribution is -2.22. The molecule has 0 unspecified atom stereocenters. The number of ether oxygens (including phenoxy) is 2. The number of carbonyl (C=O) groups excluding carboxylic acids is 2. The van der Waals surface area contributed by atoms with Gasteiger partial charge in [0.1, 0.15) is 35.6 Å². The first-order valence-corrected chi connectivity index (χ1v) is 13.5. The van der Waals surface area contributed by atoms with Gasteiger partial charge in [0.2, 0.25) is 0 Å². The van der Waals surface area contributed by atoms with Gasteiger partial charge in [0.25, 0.3) is 0 Å². The van der Waals surface area contributed by atoms with Gasteiger partial charge >= 0.3 is 6.09 Å². The number of ketones is 1. The number of fused-ring (bicyclic) bond motifs is 3. The van der Waals surface area contributed by atoms with Gasteiger partial charge in [-0.3, -0.25) is 10.1 Å². The number of aliphatic hydroxyl groups excluding tert-OH is 2. The van der Waals surface area contributed by atoms with Crippen molar-refractivity contribution >= 4 is 28.5 Å². The molecular formula is C33H37NO7. The topological polar surface area (TPSA) is 118 Å². The number of Topliss-reactive ketones (excluding diaryl/α,β-unsaturated/α-hetero) is 1. The lowest BCUT2D eigenvalue weighted by atomic mass is 9.79. The summed E-state index contributed by atoms with van der Waals surface area (Å²) in [6.45, 7) is 13.7. The number of hydrogen-bond donors (Lipinski definition) is 3. The molecule has 3 aromatic rings. The van der Waals surface area contributed by atoms with Gasteiger partial charge in [0.05, 0.1) is 12.2 Å². The van der Waals surface area contributed by atoms with Crippen molar-refractivity contribution in [1.82, 2.24) is 0 Å². The Morgan fingerprint density at radius 3 is 2.63 bits per heavy atom. The molecule has 0 bridgehead atoms. The van der Waals surface area contributed by atoms with Gasteiger partial charge in [-0.25, -0.2) is 4.79 Å². The zero-order valence-corrected chi connectivity index (χ0v) is 24.1. The summed E-state index contributed by atoms with van der Waals surface area (Å²) in [5.41, 5.74) is 2.12. The first-order valence-electron chi connectivity index (χ1n) is 13.5. The Hall–Kier alpha value is -4.14. The minimum Gasteiger partial charge on any atom is -0.491 e. The predicted octanol–water partition coefficient (Wildman–Crippen LogP) is 6.57. The van der Waals surface area contributed by atoms with Crippen molar-refractivity contribution in [3.8, 4) is 5.75 Å². The van der Waals surface area contributed by atoms with E-state index in [4.69, 9.17) is 19.0 Å². The van der Waals surface area contributed by atoms with Crippen LogP contribution in [0.5, 0.6) is 5.75 Å². The number of para-hydroxylation sites is 1. The minimum atomic E-state index is -1.03. The van der Waals surface area contributed by atoms with Crippen molar-refractivity contribution in [2.45, 2.75) is 58.0 Å². The molecule has 3 N–H and O–H groups in total. The second-order valence-corrected chi connectivity index (χ2v) is 11.6. The van der Waals surface area contributed by atoms with Gasteiger partial charge in [-0.05, 0) is 60.8 Å². The maximum Gasteiger partial charge on any atom is 0.417 e. The van der Waals surface area contributed by atoms with Crippen molar-refractivity contribution in [3.05, 3.63) is 95.5 Å². The van der Waals surface area contributed by atoms with Crippen LogP contribution >= 0.6 is 0 Å². The first-order chi connectivity index (χ1) is 19.3. The van der Waals surface area contributed by atoms with E-state index in [1.165, 1.54) is 0 Å². The number of aliphatic hydroxyl groups is 2. The molecule has 216 valence electrons. The molecule has 8 nitrogen and oxygen atoms in total. The molecule has 0 spiro atoms. The Balaban J connectivity index is 1.64. The lowest BCUT2D eigenvalue weighted by molar-refractivity contribution is 0.0328. The molecule has 1 atom stereocenters. The summed E-state index contributed by atoms with van der Waals surface area (Å²) in [6, 6.07) is 12.5. The molecule has 0 aliphatic heterocycles. The highest BCUT2D eigenvalue weighted by atomic mass is 16.6. The van der Waals surface area contributed by atoms with Gasteiger partial charge < -0.3 is 24.1 Å². The molecule has 1 aliphatic rings. The molecule has 0 saturated heterocycles. The Morgan fingerprint density at radius 1 is 1.20 bits per heavy atom. The largest absolute Gasteiger partial charge is 0.491 e. The minimum absolute atomic E-state index is 0.0846. The number of nitrogens with one attached hydrogen (secondary N) is 1. The van der Waals surface area contributed by atoms with Crippen LogP contribution in [-0.2, 0) is 15.6 Å². The van der Waals surface area contributed by atoms with Crippen molar-refractivity contribution in [2.75, 3.05) is 18.5 Å². The third-order valence-corrected chi connectivity index (χ3v) is 7.05. The number of carbonyl (C=O) groups is 2. The summed E-state index contributed by atoms with van der Waals surface area (Å²) in [4.78, 5) is 26.2. The van der Waals surface area contributed by atoms with Gasteiger partial charge in [-0.2, -0.15) is 0 Å². The Bertz CT molecular complexity index is 1530. The zero-order valence-electron chi connectivity index (χ0n) is 24.1. The average molecular weight is 560 g/mol. The summed E-state index contributed by atoms with van der Waals surface area (Å²) in [5, 5.41) is 22.2. The molecule has 0 saturated carbocycles. The molecule has 41 heavy (non-hydrogen) atoms. The standard InChI is InChI=1S/C33H37NO7/c1-20-16-22(39-19-21(36)18-35)10-9-13-27(37)29-24-15-14-23(17-28(24)41-30(29)33(20,5)6)40-31(38)34-26-12-8-7-11-25(26)32(2,3)4/h7-12,14-17,21,35-36H,1,13,18-19H2,2-6H3,(H,34,38)/b10-9-,22-16+/t21-/m1/s1. The van der Waals surface area contributed by atoms with E-state index in [0.717, 1.165) is 5.56 Å². The fourth-order valence-corrected chi connectivity index (χ4v) is 4.61. The summed E-state index contributed by atoms with van der Waals surface area (Å²) in [7, 11) is 0. The summed E-state index contributed by atoms with van der Waals surface area (Å²) in [6.07, 6.45) is 3.46. The van der Waals surface area contributed by atoms with Crippen LogP contribution in [0.15, 0.2) is 83.0 Å². The molecule has 2 aromatic carbocycles. The fraction of sp³-hybridized carbons (Fsp3) is 0.333. The fourth-order valence-electron chi connectivity index (χ4n) is 4.61. The van der Waals surface area contributed by atoms with Crippen molar-refractivity contribution in [1.29, 1.82) is 0 Å². The van der Waals surface area contributed by atoms with E-state index in [9.17, 15) is 14.7 Å². The smallest absolute Gasteiger partial charge is 0.417 e. The second kappa shape index (κ2) is 11.8. The van der Waals surface area contributed by atoms with Gasteiger partial charge in [0, 0.05) is 29.0 Å². The molecule has 0 fully saturated rings. The SMILES string of the molecule is C=C1/C=C(OC[C@H](O)CO)\C=C/CC(=O)c2c(oc3cc(OC(=O)Nc4ccccc4C(C)(C)C)ccc23)C1(C)C. The van der Waals surface area contributed by atoms with Gasteiger partial charge in [-0.1, -0.05) is 51.6 Å². The summed E-state index contributed by atoms with van der Waals surface area (Å²) < 4.78 is 17.5. The quantitative estimate of drug-likeness (QED) is 0.313. The van der Waals surface area contributed by atoms with Crippen molar-refractivity contribution in [2.24, 2.45) is 0 Å². The van der Waals surface area contributed by atoms with Crippen LogP contribution < -0.4 is 10.1 Å². The Morgan fingerprint density at radius 2 is 1.93 bits per heavy atom. The van der Waals surface area contributed by atoms with E-state index in [1.54, 1.807) is 36.4 Å². The molecular weight excluding hydrogens is 522 g/mol. The highest BCUT2D eigenvalue weighted by Gasteiger charge is 2.34. The zero-order chi connectivity index (χ0) is 29.9.